The smallest absolute Gasteiger partial charge is 0.337 e. The van der Waals surface area contributed by atoms with Crippen molar-refractivity contribution in [2.75, 3.05) is 0 Å². The summed E-state index contributed by atoms with van der Waals surface area (Å²) in [5.41, 5.74) is 1.23. The van der Waals surface area contributed by atoms with Gasteiger partial charge in [0.1, 0.15) is 0 Å². The number of nitrogens with zero attached hydrogens (tertiary/aromatic N) is 1. The van der Waals surface area contributed by atoms with Gasteiger partial charge in [-0.25, -0.2) is 4.79 Å². The Morgan fingerprint density at radius 2 is 2.18 bits per heavy atom. The molecule has 0 atom stereocenters. The van der Waals surface area contributed by atoms with Gasteiger partial charge in [-0.2, -0.15) is 0 Å². The number of benzene rings is 1. The minimum Gasteiger partial charge on any atom is -0.478 e. The number of hydrogen-bond donors (Lipinski definition) is 1. The van der Waals surface area contributed by atoms with Crippen LogP contribution in [0, 0.1) is 0 Å². The van der Waals surface area contributed by atoms with Gasteiger partial charge in [-0.1, -0.05) is 17.7 Å². The summed E-state index contributed by atoms with van der Waals surface area (Å²) in [6.45, 7) is 0. The Morgan fingerprint density at radius 1 is 1.41 bits per heavy atom. The molecule has 1 fully saturated rings. The van der Waals surface area contributed by atoms with Crippen LogP contribution in [0.2, 0.25) is 5.02 Å². The Morgan fingerprint density at radius 3 is 2.76 bits per heavy atom. The molecule has 1 aliphatic rings. The summed E-state index contributed by atoms with van der Waals surface area (Å²) in [7, 11) is 0. The first-order valence-corrected chi connectivity index (χ1v) is 6.08. The van der Waals surface area contributed by atoms with E-state index < -0.39 is 5.97 Å². The molecule has 0 amide bonds. The van der Waals surface area contributed by atoms with Gasteiger partial charge in [-0.15, -0.1) is 0 Å². The molecule has 17 heavy (non-hydrogen) atoms. The zero-order valence-corrected chi connectivity index (χ0v) is 9.94. The van der Waals surface area contributed by atoms with E-state index in [-0.39, 0.29) is 0 Å². The zero-order valence-electron chi connectivity index (χ0n) is 9.19. The van der Waals surface area contributed by atoms with Crippen LogP contribution in [0.1, 0.15) is 35.7 Å². The molecular formula is C13H12ClNO2. The van der Waals surface area contributed by atoms with E-state index in [1.807, 2.05) is 12.1 Å². The van der Waals surface area contributed by atoms with Gasteiger partial charge in [-0.3, -0.25) is 0 Å². The van der Waals surface area contributed by atoms with Crippen molar-refractivity contribution in [1.29, 1.82) is 0 Å². The molecule has 0 unspecified atom stereocenters. The van der Waals surface area contributed by atoms with Crippen LogP contribution >= 0.6 is 11.6 Å². The minimum atomic E-state index is -0.916. The monoisotopic (exact) mass is 249 g/mol. The second-order valence-corrected chi connectivity index (χ2v) is 4.88. The molecule has 2 aromatic rings. The Hall–Kier alpha value is -1.48. The van der Waals surface area contributed by atoms with E-state index in [1.165, 1.54) is 6.42 Å². The van der Waals surface area contributed by atoms with E-state index in [0.717, 1.165) is 18.4 Å². The lowest BCUT2D eigenvalue weighted by Gasteiger charge is -2.27. The quantitative estimate of drug-likeness (QED) is 0.881. The van der Waals surface area contributed by atoms with Crippen molar-refractivity contribution in [1.82, 2.24) is 4.57 Å². The molecule has 3 rings (SSSR count). The van der Waals surface area contributed by atoms with Crippen molar-refractivity contribution in [2.45, 2.75) is 25.3 Å². The highest BCUT2D eigenvalue weighted by Gasteiger charge is 2.24. The molecule has 4 heteroatoms. The van der Waals surface area contributed by atoms with Crippen LogP contribution in [0.4, 0.5) is 0 Å². The average Bonchev–Trinajstić information content (AvgIpc) is 2.57. The van der Waals surface area contributed by atoms with Gasteiger partial charge in [0.15, 0.2) is 0 Å². The standard InChI is InChI=1S/C13H12ClNO2/c14-10-5-2-6-11-12(10)9(13(16)17)7-15(11)8-3-1-4-8/h2,5-8H,1,3-4H2,(H,16,17). The van der Waals surface area contributed by atoms with Gasteiger partial charge in [0.2, 0.25) is 0 Å². The zero-order chi connectivity index (χ0) is 12.0. The van der Waals surface area contributed by atoms with Gasteiger partial charge < -0.3 is 9.67 Å². The molecule has 1 saturated carbocycles. The second kappa shape index (κ2) is 3.77. The van der Waals surface area contributed by atoms with Crippen molar-refractivity contribution < 1.29 is 9.90 Å². The number of carbonyl (C=O) groups is 1. The van der Waals surface area contributed by atoms with Crippen LogP contribution in [0.3, 0.4) is 0 Å². The molecule has 0 saturated heterocycles. The molecule has 0 radical (unpaired) electrons. The third kappa shape index (κ3) is 1.53. The number of halogens is 1. The molecule has 0 spiro atoms. The Balaban J connectivity index is 2.30. The van der Waals surface area contributed by atoms with Crippen LogP contribution in [0.5, 0.6) is 0 Å². The lowest BCUT2D eigenvalue weighted by atomic mass is 9.93. The Bertz CT molecular complexity index is 599. The van der Waals surface area contributed by atoms with E-state index in [4.69, 9.17) is 11.6 Å². The Kier molecular flexibility index (Phi) is 2.37. The van der Waals surface area contributed by atoms with E-state index in [9.17, 15) is 9.90 Å². The van der Waals surface area contributed by atoms with Crippen LogP contribution < -0.4 is 0 Å². The van der Waals surface area contributed by atoms with E-state index in [2.05, 4.69) is 4.57 Å². The van der Waals surface area contributed by atoms with Crippen molar-refractivity contribution >= 4 is 28.5 Å². The summed E-state index contributed by atoms with van der Waals surface area (Å²) in [6.07, 6.45) is 5.18. The highest BCUT2D eigenvalue weighted by atomic mass is 35.5. The number of hydrogen-bond acceptors (Lipinski definition) is 1. The van der Waals surface area contributed by atoms with Gasteiger partial charge >= 0.3 is 5.97 Å². The molecular weight excluding hydrogens is 238 g/mol. The fraction of sp³-hybridized carbons (Fsp3) is 0.308. The first-order valence-electron chi connectivity index (χ1n) is 5.71. The van der Waals surface area contributed by atoms with Gasteiger partial charge in [-0.05, 0) is 31.4 Å². The van der Waals surface area contributed by atoms with Crippen molar-refractivity contribution in [3.05, 3.63) is 35.0 Å². The average molecular weight is 250 g/mol. The SMILES string of the molecule is O=C(O)c1cn(C2CCC2)c2cccc(Cl)c12. The molecule has 88 valence electrons. The molecule has 3 nitrogen and oxygen atoms in total. The topological polar surface area (TPSA) is 42.2 Å². The minimum absolute atomic E-state index is 0.303. The fourth-order valence-electron chi connectivity index (χ4n) is 2.40. The second-order valence-electron chi connectivity index (χ2n) is 4.47. The maximum atomic E-state index is 11.2. The number of aromatic carboxylic acids is 1. The van der Waals surface area contributed by atoms with Crippen molar-refractivity contribution in [2.24, 2.45) is 0 Å². The predicted octanol–water partition coefficient (Wildman–Crippen LogP) is 3.72. The lowest BCUT2D eigenvalue weighted by Crippen LogP contribution is -2.15. The highest BCUT2D eigenvalue weighted by molar-refractivity contribution is 6.36. The molecule has 1 aliphatic carbocycles. The van der Waals surface area contributed by atoms with Gasteiger partial charge in [0, 0.05) is 17.6 Å². The van der Waals surface area contributed by atoms with Crippen LogP contribution in [-0.2, 0) is 0 Å². The van der Waals surface area contributed by atoms with E-state index in [0.29, 0.717) is 22.0 Å². The first kappa shape index (κ1) is 10.7. The van der Waals surface area contributed by atoms with Crippen LogP contribution in [0.15, 0.2) is 24.4 Å². The first-order chi connectivity index (χ1) is 8.18. The molecule has 1 aromatic heterocycles. The van der Waals surface area contributed by atoms with Gasteiger partial charge in [0.25, 0.3) is 0 Å². The number of aromatic nitrogens is 1. The summed E-state index contributed by atoms with van der Waals surface area (Å²) in [5, 5.41) is 10.4. The van der Waals surface area contributed by atoms with Gasteiger partial charge in [0.05, 0.1) is 16.1 Å². The molecule has 0 bridgehead atoms. The number of rotatable bonds is 2. The molecule has 0 aliphatic heterocycles. The Labute approximate surface area is 104 Å². The number of carboxylic acid groups (broad SMARTS) is 1. The maximum Gasteiger partial charge on any atom is 0.337 e. The summed E-state index contributed by atoms with van der Waals surface area (Å²) in [6, 6.07) is 5.97. The third-order valence-electron chi connectivity index (χ3n) is 3.51. The molecule has 1 aromatic carbocycles. The fourth-order valence-corrected chi connectivity index (χ4v) is 2.67. The van der Waals surface area contributed by atoms with Crippen molar-refractivity contribution in [3.63, 3.8) is 0 Å². The van der Waals surface area contributed by atoms with Crippen LogP contribution in [-0.4, -0.2) is 15.6 Å². The molecule has 1 heterocycles. The summed E-state index contributed by atoms with van der Waals surface area (Å²) >= 11 is 6.11. The summed E-state index contributed by atoms with van der Waals surface area (Å²) in [5.74, 6) is -0.916. The largest absolute Gasteiger partial charge is 0.478 e. The highest BCUT2D eigenvalue weighted by Crippen LogP contribution is 2.37. The summed E-state index contributed by atoms with van der Waals surface area (Å²) < 4.78 is 2.06. The number of fused-ring (bicyclic) bond motifs is 1. The normalized spacial score (nSPS) is 16.1. The van der Waals surface area contributed by atoms with E-state index >= 15 is 0 Å². The lowest BCUT2D eigenvalue weighted by molar-refractivity contribution is 0.0698. The predicted molar refractivity (Wildman–Crippen MR) is 66.8 cm³/mol. The van der Waals surface area contributed by atoms with Crippen molar-refractivity contribution in [3.8, 4) is 0 Å². The summed E-state index contributed by atoms with van der Waals surface area (Å²) in [4.78, 5) is 11.2. The molecule has 1 N–H and O–H groups in total. The van der Waals surface area contributed by atoms with E-state index in [1.54, 1.807) is 12.3 Å². The maximum absolute atomic E-state index is 11.2. The van der Waals surface area contributed by atoms with Crippen LogP contribution in [0.25, 0.3) is 10.9 Å². The number of carboxylic acids is 1. The third-order valence-corrected chi connectivity index (χ3v) is 3.82.